The van der Waals surface area contributed by atoms with Crippen molar-refractivity contribution in [2.75, 3.05) is 6.54 Å². The summed E-state index contributed by atoms with van der Waals surface area (Å²) in [4.78, 5) is 23.0. The molecule has 6 heteroatoms. The van der Waals surface area contributed by atoms with Crippen molar-refractivity contribution in [3.05, 3.63) is 51.6 Å². The Hall–Kier alpha value is -3.02. The van der Waals surface area contributed by atoms with Crippen LogP contribution in [0.4, 0.5) is 0 Å². The zero-order chi connectivity index (χ0) is 21.2. The summed E-state index contributed by atoms with van der Waals surface area (Å²) in [5, 5.41) is 21.4. The van der Waals surface area contributed by atoms with Crippen LogP contribution in [0.1, 0.15) is 57.9 Å². The van der Waals surface area contributed by atoms with Crippen LogP contribution in [0.2, 0.25) is 0 Å². The number of carbonyl (C=O) groups is 2. The van der Waals surface area contributed by atoms with Crippen LogP contribution >= 0.6 is 0 Å². The number of ether oxygens (including phenoxy) is 1. The Bertz CT molecular complexity index is 931. The normalized spacial score (nSPS) is 10.8. The fourth-order valence-corrected chi connectivity index (χ4v) is 3.09. The third-order valence-electron chi connectivity index (χ3n) is 4.82. The van der Waals surface area contributed by atoms with E-state index in [1.807, 2.05) is 40.7 Å². The molecule has 0 bridgehead atoms. The van der Waals surface area contributed by atoms with E-state index in [2.05, 4.69) is 5.32 Å². The number of rotatable bonds is 6. The second-order valence-corrected chi connectivity index (χ2v) is 7.33. The lowest BCUT2D eigenvalue weighted by atomic mass is 9.97. The number of phenols is 1. The van der Waals surface area contributed by atoms with Crippen LogP contribution in [-0.2, 0) is 4.79 Å². The first-order valence-corrected chi connectivity index (χ1v) is 9.15. The van der Waals surface area contributed by atoms with Crippen LogP contribution < -0.4 is 10.1 Å². The maximum absolute atomic E-state index is 12.3. The van der Waals surface area contributed by atoms with Gasteiger partial charge in [0.05, 0.1) is 0 Å². The Morgan fingerprint density at radius 3 is 2.25 bits per heavy atom. The van der Waals surface area contributed by atoms with Gasteiger partial charge in [0.15, 0.2) is 0 Å². The summed E-state index contributed by atoms with van der Waals surface area (Å²) < 4.78 is 6.14. The summed E-state index contributed by atoms with van der Waals surface area (Å²) in [5.74, 6) is 0.159. The van der Waals surface area contributed by atoms with Gasteiger partial charge in [0.2, 0.25) is 0 Å². The number of aromatic hydroxyl groups is 1. The van der Waals surface area contributed by atoms with Gasteiger partial charge in [-0.15, -0.1) is 0 Å². The van der Waals surface area contributed by atoms with Crippen molar-refractivity contribution in [1.82, 2.24) is 5.32 Å². The zero-order valence-corrected chi connectivity index (χ0v) is 17.1. The van der Waals surface area contributed by atoms with E-state index in [0.29, 0.717) is 17.1 Å². The molecule has 2 rings (SSSR count). The van der Waals surface area contributed by atoms with Crippen LogP contribution in [0.3, 0.4) is 0 Å². The molecule has 0 spiro atoms. The maximum atomic E-state index is 12.3. The molecule has 0 unspecified atom stereocenters. The molecule has 1 amide bonds. The molecule has 0 heterocycles. The summed E-state index contributed by atoms with van der Waals surface area (Å²) in [6, 6.07) is 5.31. The first-order valence-electron chi connectivity index (χ1n) is 9.15. The van der Waals surface area contributed by atoms with Gasteiger partial charge >= 0.3 is 5.97 Å². The Morgan fingerprint density at radius 2 is 1.68 bits per heavy atom. The highest BCUT2D eigenvalue weighted by molar-refractivity contribution is 5.98. The third-order valence-corrected chi connectivity index (χ3v) is 4.82. The number of benzene rings is 2. The minimum atomic E-state index is -1.09. The molecular formula is C22H27NO5. The topological polar surface area (TPSA) is 95.9 Å². The molecule has 0 saturated carbocycles. The molecule has 0 saturated heterocycles. The van der Waals surface area contributed by atoms with Crippen LogP contribution in [-0.4, -0.2) is 28.6 Å². The van der Waals surface area contributed by atoms with E-state index in [1.165, 1.54) is 0 Å². The van der Waals surface area contributed by atoms with Crippen molar-refractivity contribution in [1.29, 1.82) is 0 Å². The molecule has 2 aromatic rings. The molecule has 0 aromatic heterocycles. The predicted molar refractivity (Wildman–Crippen MR) is 108 cm³/mol. The molecule has 0 radical (unpaired) electrons. The smallest absolute Gasteiger partial charge is 0.322 e. The molecule has 6 nitrogen and oxygen atoms in total. The standard InChI is InChI=1S/C22H27NO5/c1-11(2)17-9-16(7-12(3)20(17)26)28-21-13(4)8-18(14(5)15(21)6)22(27)23-10-19(24)25/h7-9,11,26H,10H2,1-6H3,(H,23,27)(H,24,25). The minimum absolute atomic E-state index is 0.145. The monoisotopic (exact) mass is 385 g/mol. The molecule has 2 aromatic carbocycles. The third kappa shape index (κ3) is 4.44. The Morgan fingerprint density at radius 1 is 1.04 bits per heavy atom. The Balaban J connectivity index is 2.42. The van der Waals surface area contributed by atoms with Crippen LogP contribution in [0.5, 0.6) is 17.2 Å². The average molecular weight is 385 g/mol. The number of carboxylic acids is 1. The highest BCUT2D eigenvalue weighted by Crippen LogP contribution is 2.37. The van der Waals surface area contributed by atoms with E-state index in [-0.39, 0.29) is 11.7 Å². The largest absolute Gasteiger partial charge is 0.507 e. The van der Waals surface area contributed by atoms with E-state index in [0.717, 1.165) is 27.8 Å². The fourth-order valence-electron chi connectivity index (χ4n) is 3.09. The molecule has 150 valence electrons. The molecule has 0 aliphatic heterocycles. The highest BCUT2D eigenvalue weighted by Gasteiger charge is 2.18. The zero-order valence-electron chi connectivity index (χ0n) is 17.1. The van der Waals surface area contributed by atoms with Crippen LogP contribution in [0, 0.1) is 27.7 Å². The number of carboxylic acid groups (broad SMARTS) is 1. The SMILES string of the molecule is Cc1cc(Oc2c(C)cc(C(=O)NCC(=O)O)c(C)c2C)cc(C(C)C)c1O. The lowest BCUT2D eigenvalue weighted by Gasteiger charge is -2.19. The summed E-state index contributed by atoms with van der Waals surface area (Å²) in [5.41, 5.74) is 4.26. The lowest BCUT2D eigenvalue weighted by Crippen LogP contribution is -2.30. The number of aliphatic carboxylic acids is 1. The van der Waals surface area contributed by atoms with E-state index < -0.39 is 18.4 Å². The second-order valence-electron chi connectivity index (χ2n) is 7.33. The van der Waals surface area contributed by atoms with Gasteiger partial charge < -0.3 is 20.3 Å². The maximum Gasteiger partial charge on any atom is 0.322 e. The number of nitrogens with one attached hydrogen (secondary N) is 1. The van der Waals surface area contributed by atoms with Gasteiger partial charge in [-0.1, -0.05) is 13.8 Å². The van der Waals surface area contributed by atoms with Gasteiger partial charge in [0.1, 0.15) is 23.8 Å². The van der Waals surface area contributed by atoms with E-state index in [1.54, 1.807) is 19.1 Å². The van der Waals surface area contributed by atoms with Crippen LogP contribution in [0.25, 0.3) is 0 Å². The molecular weight excluding hydrogens is 358 g/mol. The quantitative estimate of drug-likeness (QED) is 0.687. The second kappa shape index (κ2) is 8.33. The lowest BCUT2D eigenvalue weighted by molar-refractivity contribution is -0.135. The molecule has 0 aliphatic carbocycles. The van der Waals surface area contributed by atoms with Gasteiger partial charge in [-0.2, -0.15) is 0 Å². The van der Waals surface area contributed by atoms with E-state index in [4.69, 9.17) is 9.84 Å². The fraction of sp³-hybridized carbons (Fsp3) is 0.364. The highest BCUT2D eigenvalue weighted by atomic mass is 16.5. The first-order chi connectivity index (χ1) is 13.0. The van der Waals surface area contributed by atoms with Crippen molar-refractivity contribution in [3.8, 4) is 17.2 Å². The first kappa shape index (κ1) is 21.3. The summed E-state index contributed by atoms with van der Waals surface area (Å²) in [7, 11) is 0. The summed E-state index contributed by atoms with van der Waals surface area (Å²) >= 11 is 0. The molecule has 0 aliphatic rings. The van der Waals surface area contributed by atoms with Gasteiger partial charge in [-0.25, -0.2) is 0 Å². The van der Waals surface area contributed by atoms with Crippen molar-refractivity contribution in [3.63, 3.8) is 0 Å². The van der Waals surface area contributed by atoms with Gasteiger partial charge in [0, 0.05) is 11.1 Å². The van der Waals surface area contributed by atoms with Gasteiger partial charge in [-0.3, -0.25) is 9.59 Å². The number of amides is 1. The number of hydrogen-bond donors (Lipinski definition) is 3. The predicted octanol–water partition coefficient (Wildman–Crippen LogP) is 4.36. The van der Waals surface area contributed by atoms with E-state index >= 15 is 0 Å². The minimum Gasteiger partial charge on any atom is -0.507 e. The van der Waals surface area contributed by atoms with Crippen molar-refractivity contribution in [2.24, 2.45) is 0 Å². The van der Waals surface area contributed by atoms with Crippen LogP contribution in [0.15, 0.2) is 18.2 Å². The molecule has 28 heavy (non-hydrogen) atoms. The molecule has 3 N–H and O–H groups in total. The van der Waals surface area contributed by atoms with Crippen molar-refractivity contribution < 1.29 is 24.5 Å². The number of hydrogen-bond acceptors (Lipinski definition) is 4. The van der Waals surface area contributed by atoms with Gasteiger partial charge in [-0.05, 0) is 74.1 Å². The average Bonchev–Trinajstić information content (AvgIpc) is 2.62. The summed E-state index contributed by atoms with van der Waals surface area (Å²) in [6.45, 7) is 10.9. The molecule has 0 atom stereocenters. The van der Waals surface area contributed by atoms with Crippen molar-refractivity contribution >= 4 is 11.9 Å². The Kier molecular flexibility index (Phi) is 6.33. The summed E-state index contributed by atoms with van der Waals surface area (Å²) in [6.07, 6.45) is 0. The molecule has 0 fully saturated rings. The Labute approximate surface area is 165 Å². The van der Waals surface area contributed by atoms with E-state index in [9.17, 15) is 14.7 Å². The number of carbonyl (C=O) groups excluding carboxylic acids is 1. The van der Waals surface area contributed by atoms with Crippen molar-refractivity contribution in [2.45, 2.75) is 47.5 Å². The number of aryl methyl sites for hydroxylation is 2. The number of phenolic OH excluding ortho intramolecular Hbond substituents is 1. The van der Waals surface area contributed by atoms with Gasteiger partial charge in [0.25, 0.3) is 5.91 Å².